The van der Waals surface area contributed by atoms with E-state index in [1.54, 1.807) is 17.4 Å². The average molecular weight is 562 g/mol. The molecule has 1 amide bonds. The van der Waals surface area contributed by atoms with E-state index in [-0.39, 0.29) is 18.7 Å². The zero-order chi connectivity index (χ0) is 29.2. The number of ether oxygens (including phenoxy) is 1. The summed E-state index contributed by atoms with van der Waals surface area (Å²) < 4.78 is 9.32. The molecule has 5 rings (SSSR count). The standard InChI is InChI=1S/C29H39N9O3/c1-20(2)37-19-32-23-24(30-17-21-9-6-7-10-22(21)38-14-8-13-33-38)34-26(35-25(23)37)31-18-29(40)11-15-36(16-12-29)27(39)41-28(3,4)5/h6-10,13-14,19-20,40H,11-12,15-18H2,1-5H3,(H2,30,31,34,35). The second-order valence-electron chi connectivity index (χ2n) is 11.8. The highest BCUT2D eigenvalue weighted by molar-refractivity contribution is 5.84. The molecule has 4 heterocycles. The molecule has 0 unspecified atom stereocenters. The van der Waals surface area contributed by atoms with Gasteiger partial charge >= 0.3 is 6.09 Å². The van der Waals surface area contributed by atoms with Crippen molar-refractivity contribution in [2.75, 3.05) is 30.3 Å². The van der Waals surface area contributed by atoms with Gasteiger partial charge in [-0.1, -0.05) is 18.2 Å². The number of para-hydroxylation sites is 1. The Bertz CT molecular complexity index is 1480. The summed E-state index contributed by atoms with van der Waals surface area (Å²) in [5.74, 6) is 0.990. The number of imidazole rings is 1. The van der Waals surface area contributed by atoms with E-state index >= 15 is 0 Å². The number of nitrogens with zero attached hydrogens (tertiary/aromatic N) is 7. The first-order valence-corrected chi connectivity index (χ1v) is 14.0. The fourth-order valence-electron chi connectivity index (χ4n) is 4.82. The quantitative estimate of drug-likeness (QED) is 0.286. The van der Waals surface area contributed by atoms with E-state index in [4.69, 9.17) is 14.7 Å². The number of hydrogen-bond acceptors (Lipinski definition) is 9. The average Bonchev–Trinajstić information content (AvgIpc) is 3.61. The maximum absolute atomic E-state index is 12.4. The second kappa shape index (κ2) is 11.4. The van der Waals surface area contributed by atoms with Gasteiger partial charge in [-0.05, 0) is 65.2 Å². The molecule has 1 fully saturated rings. The zero-order valence-electron chi connectivity index (χ0n) is 24.3. The Morgan fingerprint density at radius 2 is 1.88 bits per heavy atom. The number of rotatable bonds is 8. The van der Waals surface area contributed by atoms with E-state index in [1.807, 2.05) is 66.5 Å². The third-order valence-electron chi connectivity index (χ3n) is 7.09. The molecule has 12 heteroatoms. The van der Waals surface area contributed by atoms with Gasteiger partial charge in [0.05, 0.1) is 17.6 Å². The lowest BCUT2D eigenvalue weighted by Gasteiger charge is -2.38. The molecule has 12 nitrogen and oxygen atoms in total. The molecule has 3 aromatic heterocycles. The largest absolute Gasteiger partial charge is 0.444 e. The summed E-state index contributed by atoms with van der Waals surface area (Å²) in [4.78, 5) is 28.2. The molecule has 218 valence electrons. The molecule has 4 aromatic rings. The molecule has 0 spiro atoms. The van der Waals surface area contributed by atoms with Crippen LogP contribution >= 0.6 is 0 Å². The fraction of sp³-hybridized carbons (Fsp3) is 0.483. The van der Waals surface area contributed by atoms with Crippen LogP contribution in [0.5, 0.6) is 0 Å². The normalized spacial score (nSPS) is 15.3. The molecule has 3 N–H and O–H groups in total. The van der Waals surface area contributed by atoms with Crippen LogP contribution in [0.3, 0.4) is 0 Å². The molecule has 0 saturated carbocycles. The number of aliphatic hydroxyl groups is 1. The first-order chi connectivity index (χ1) is 19.5. The van der Waals surface area contributed by atoms with Crippen molar-refractivity contribution >= 4 is 29.0 Å². The maximum atomic E-state index is 12.4. The zero-order valence-corrected chi connectivity index (χ0v) is 24.3. The van der Waals surface area contributed by atoms with Gasteiger partial charge in [-0.2, -0.15) is 15.1 Å². The lowest BCUT2D eigenvalue weighted by molar-refractivity contribution is -0.0245. The van der Waals surface area contributed by atoms with Gasteiger partial charge in [0, 0.05) is 44.6 Å². The number of piperidine rings is 1. The van der Waals surface area contributed by atoms with E-state index in [1.165, 1.54) is 0 Å². The van der Waals surface area contributed by atoms with Crippen molar-refractivity contribution in [1.82, 2.24) is 34.2 Å². The van der Waals surface area contributed by atoms with E-state index in [0.717, 1.165) is 11.3 Å². The first kappa shape index (κ1) is 28.3. The molecule has 0 radical (unpaired) electrons. The smallest absolute Gasteiger partial charge is 0.410 e. The predicted octanol–water partition coefficient (Wildman–Crippen LogP) is 4.38. The van der Waals surface area contributed by atoms with Crippen molar-refractivity contribution in [2.24, 2.45) is 0 Å². The van der Waals surface area contributed by atoms with Crippen molar-refractivity contribution in [3.63, 3.8) is 0 Å². The summed E-state index contributed by atoms with van der Waals surface area (Å²) in [6.07, 6.45) is 5.92. The van der Waals surface area contributed by atoms with Crippen LogP contribution in [0.25, 0.3) is 16.9 Å². The molecule has 41 heavy (non-hydrogen) atoms. The SMILES string of the molecule is CC(C)n1cnc2c(NCc3ccccc3-n3cccn3)nc(NCC3(O)CCN(C(=O)OC(C)(C)C)CC3)nc21. The van der Waals surface area contributed by atoms with Crippen LogP contribution in [0.4, 0.5) is 16.6 Å². The number of nitrogens with one attached hydrogen (secondary N) is 2. The summed E-state index contributed by atoms with van der Waals surface area (Å²) in [6.45, 7) is 11.3. The van der Waals surface area contributed by atoms with Crippen LogP contribution in [-0.2, 0) is 11.3 Å². The number of likely N-dealkylation sites (tertiary alicyclic amines) is 1. The molecule has 1 aromatic carbocycles. The van der Waals surface area contributed by atoms with Gasteiger partial charge in [-0.3, -0.25) is 0 Å². The van der Waals surface area contributed by atoms with Gasteiger partial charge in [-0.25, -0.2) is 14.5 Å². The molecular formula is C29H39N9O3. The third-order valence-corrected chi connectivity index (χ3v) is 7.09. The molecule has 1 aliphatic heterocycles. The van der Waals surface area contributed by atoms with Gasteiger partial charge in [0.2, 0.25) is 5.95 Å². The highest BCUT2D eigenvalue weighted by atomic mass is 16.6. The summed E-state index contributed by atoms with van der Waals surface area (Å²) >= 11 is 0. The van der Waals surface area contributed by atoms with Gasteiger partial charge in [-0.15, -0.1) is 0 Å². The number of carbonyl (C=O) groups is 1. The van der Waals surface area contributed by atoms with Gasteiger partial charge in [0.25, 0.3) is 0 Å². The molecular weight excluding hydrogens is 522 g/mol. The number of benzene rings is 1. The Kier molecular flexibility index (Phi) is 7.85. The predicted molar refractivity (Wildman–Crippen MR) is 157 cm³/mol. The number of anilines is 2. The van der Waals surface area contributed by atoms with Crippen LogP contribution in [0.15, 0.2) is 49.1 Å². The molecule has 0 bridgehead atoms. The van der Waals surface area contributed by atoms with E-state index in [2.05, 4.69) is 34.6 Å². The Hall–Kier alpha value is -4.19. The fourth-order valence-corrected chi connectivity index (χ4v) is 4.82. The van der Waals surface area contributed by atoms with Crippen LogP contribution in [0, 0.1) is 0 Å². The Balaban J connectivity index is 1.32. The summed E-state index contributed by atoms with van der Waals surface area (Å²) in [7, 11) is 0. The van der Waals surface area contributed by atoms with Gasteiger partial charge < -0.3 is 29.9 Å². The van der Waals surface area contributed by atoms with Gasteiger partial charge in [0.15, 0.2) is 17.0 Å². The highest BCUT2D eigenvalue weighted by Gasteiger charge is 2.35. The minimum absolute atomic E-state index is 0.150. The summed E-state index contributed by atoms with van der Waals surface area (Å²) in [5, 5.41) is 22.4. The Morgan fingerprint density at radius 3 is 2.56 bits per heavy atom. The molecule has 1 saturated heterocycles. The van der Waals surface area contributed by atoms with E-state index in [9.17, 15) is 9.90 Å². The van der Waals surface area contributed by atoms with Crippen LogP contribution in [0.2, 0.25) is 0 Å². The minimum atomic E-state index is -1.01. The summed E-state index contributed by atoms with van der Waals surface area (Å²) in [5.41, 5.74) is 1.83. The Morgan fingerprint density at radius 1 is 1.12 bits per heavy atom. The molecule has 0 atom stereocenters. The van der Waals surface area contributed by atoms with Crippen LogP contribution < -0.4 is 10.6 Å². The molecule has 0 aliphatic carbocycles. The third kappa shape index (κ3) is 6.59. The first-order valence-electron chi connectivity index (χ1n) is 14.0. The van der Waals surface area contributed by atoms with Gasteiger partial charge in [0.1, 0.15) is 5.60 Å². The summed E-state index contributed by atoms with van der Waals surface area (Å²) in [6, 6.07) is 10.1. The van der Waals surface area contributed by atoms with E-state index < -0.39 is 11.2 Å². The van der Waals surface area contributed by atoms with Crippen molar-refractivity contribution in [3.05, 3.63) is 54.6 Å². The van der Waals surface area contributed by atoms with Crippen molar-refractivity contribution < 1.29 is 14.6 Å². The topological polar surface area (TPSA) is 135 Å². The lowest BCUT2D eigenvalue weighted by Crippen LogP contribution is -2.50. The Labute approximate surface area is 239 Å². The second-order valence-corrected chi connectivity index (χ2v) is 11.8. The van der Waals surface area contributed by atoms with E-state index in [0.29, 0.717) is 55.4 Å². The number of hydrogen-bond donors (Lipinski definition) is 3. The number of fused-ring (bicyclic) bond motifs is 1. The molecule has 1 aliphatic rings. The number of carbonyl (C=O) groups excluding carboxylic acids is 1. The lowest BCUT2D eigenvalue weighted by atomic mass is 9.91. The number of amides is 1. The highest BCUT2D eigenvalue weighted by Crippen LogP contribution is 2.27. The van der Waals surface area contributed by atoms with Crippen LogP contribution in [0.1, 0.15) is 59.1 Å². The maximum Gasteiger partial charge on any atom is 0.410 e. The minimum Gasteiger partial charge on any atom is -0.444 e. The van der Waals surface area contributed by atoms with Crippen molar-refractivity contribution in [3.8, 4) is 5.69 Å². The van der Waals surface area contributed by atoms with Crippen molar-refractivity contribution in [2.45, 2.75) is 71.2 Å². The monoisotopic (exact) mass is 561 g/mol. The van der Waals surface area contributed by atoms with Crippen LogP contribution in [-0.4, -0.2) is 76.2 Å². The van der Waals surface area contributed by atoms with Crippen molar-refractivity contribution in [1.29, 1.82) is 0 Å². The number of aromatic nitrogens is 6.